The summed E-state index contributed by atoms with van der Waals surface area (Å²) in [7, 11) is 0. The van der Waals surface area contributed by atoms with Crippen LogP contribution in [-0.2, 0) is 14.3 Å². The maximum Gasteiger partial charge on any atom is 0.327 e. The molecule has 3 rings (SSSR count). The van der Waals surface area contributed by atoms with Gasteiger partial charge in [0.05, 0.1) is 24.5 Å². The van der Waals surface area contributed by atoms with E-state index in [1.807, 2.05) is 0 Å². The number of ether oxygens (including phenoxy) is 1. The largest absolute Gasteiger partial charge is 0.480 e. The number of carbonyl (C=O) groups is 2. The molecule has 3 fully saturated rings. The summed E-state index contributed by atoms with van der Waals surface area (Å²) < 4.78 is 5.23. The van der Waals surface area contributed by atoms with Crippen molar-refractivity contribution in [3.05, 3.63) is 0 Å². The van der Waals surface area contributed by atoms with Gasteiger partial charge in [-0.3, -0.25) is 4.79 Å². The minimum atomic E-state index is -0.920. The van der Waals surface area contributed by atoms with Crippen LogP contribution in [0.1, 0.15) is 12.8 Å². The maximum absolute atomic E-state index is 12.6. The summed E-state index contributed by atoms with van der Waals surface area (Å²) in [5, 5.41) is 9.31. The average molecular weight is 286 g/mol. The predicted molar refractivity (Wildman–Crippen MR) is 69.5 cm³/mol. The third-order valence-corrected chi connectivity index (χ3v) is 5.50. The Labute approximate surface area is 115 Å². The first-order valence-electron chi connectivity index (χ1n) is 6.59. The molecule has 7 heteroatoms. The zero-order valence-corrected chi connectivity index (χ0v) is 11.3. The number of nitrogens with two attached hydrogens (primary N) is 1. The molecule has 2 heterocycles. The summed E-state index contributed by atoms with van der Waals surface area (Å²) in [6, 6.07) is -1.02. The van der Waals surface area contributed by atoms with Gasteiger partial charge in [0.25, 0.3) is 0 Å². The minimum absolute atomic E-state index is 0.0152. The summed E-state index contributed by atoms with van der Waals surface area (Å²) in [6.45, 7) is 0.689. The van der Waals surface area contributed by atoms with Crippen molar-refractivity contribution < 1.29 is 19.4 Å². The molecule has 0 bridgehead atoms. The number of carboxylic acid groups (broad SMARTS) is 1. The Balaban J connectivity index is 1.80. The number of aliphatic carboxylic acids is 1. The summed E-state index contributed by atoms with van der Waals surface area (Å²) in [5.74, 6) is -0.514. The highest BCUT2D eigenvalue weighted by Crippen LogP contribution is 2.46. The van der Waals surface area contributed by atoms with Gasteiger partial charge in [-0.25, -0.2) is 4.79 Å². The zero-order chi connectivity index (χ0) is 13.6. The first-order valence-corrected chi connectivity index (χ1v) is 7.64. The van der Waals surface area contributed by atoms with Gasteiger partial charge in [-0.2, -0.15) is 0 Å². The highest BCUT2D eigenvalue weighted by molar-refractivity contribution is 8.00. The molecular weight excluding hydrogens is 268 g/mol. The molecule has 0 radical (unpaired) electrons. The molecule has 0 aromatic heterocycles. The van der Waals surface area contributed by atoms with Crippen molar-refractivity contribution in [3.8, 4) is 0 Å². The lowest BCUT2D eigenvalue weighted by molar-refractivity contribution is -0.151. The molecule has 3 aliphatic rings. The lowest BCUT2D eigenvalue weighted by Crippen LogP contribution is -2.51. The highest BCUT2D eigenvalue weighted by atomic mass is 32.2. The predicted octanol–water partition coefficient (Wildman–Crippen LogP) is -0.275. The number of amides is 1. The van der Waals surface area contributed by atoms with E-state index in [-0.39, 0.29) is 23.2 Å². The number of carbonyl (C=O) groups excluding carboxylic acids is 1. The van der Waals surface area contributed by atoms with Crippen LogP contribution < -0.4 is 5.73 Å². The number of hydrogen-bond donors (Lipinski definition) is 2. The van der Waals surface area contributed by atoms with Gasteiger partial charge in [0.2, 0.25) is 5.91 Å². The van der Waals surface area contributed by atoms with Crippen molar-refractivity contribution in [1.82, 2.24) is 4.90 Å². The second-order valence-electron chi connectivity index (χ2n) is 5.47. The average Bonchev–Trinajstić information content (AvgIpc) is 2.97. The van der Waals surface area contributed by atoms with Gasteiger partial charge in [0.15, 0.2) is 0 Å². The molecule has 0 aromatic carbocycles. The van der Waals surface area contributed by atoms with Crippen LogP contribution in [0.2, 0.25) is 0 Å². The van der Waals surface area contributed by atoms with Gasteiger partial charge in [-0.15, -0.1) is 11.8 Å². The third-order valence-electron chi connectivity index (χ3n) is 4.04. The van der Waals surface area contributed by atoms with Gasteiger partial charge in [0.1, 0.15) is 6.04 Å². The molecule has 4 atom stereocenters. The molecular formula is C12H18N2O4S. The summed E-state index contributed by atoms with van der Waals surface area (Å²) >= 11 is 1.59. The Bertz CT molecular complexity index is 401. The van der Waals surface area contributed by atoms with E-state index in [2.05, 4.69) is 0 Å². The monoisotopic (exact) mass is 286 g/mol. The highest BCUT2D eigenvalue weighted by Gasteiger charge is 2.50. The van der Waals surface area contributed by atoms with Crippen LogP contribution in [0.5, 0.6) is 0 Å². The van der Waals surface area contributed by atoms with Crippen molar-refractivity contribution in [1.29, 1.82) is 0 Å². The lowest BCUT2D eigenvalue weighted by atomic mass is 10.0. The van der Waals surface area contributed by atoms with E-state index in [0.29, 0.717) is 24.9 Å². The molecule has 0 aromatic rings. The third kappa shape index (κ3) is 2.34. The van der Waals surface area contributed by atoms with Crippen LogP contribution in [0, 0.1) is 11.8 Å². The van der Waals surface area contributed by atoms with Crippen LogP contribution in [0.15, 0.2) is 0 Å². The first kappa shape index (κ1) is 13.2. The number of rotatable bonds is 3. The molecule has 2 saturated heterocycles. The number of thioether (sulfide) groups is 1. The Kier molecular flexibility index (Phi) is 3.44. The second-order valence-corrected chi connectivity index (χ2v) is 6.62. The van der Waals surface area contributed by atoms with Crippen LogP contribution in [0.25, 0.3) is 0 Å². The maximum atomic E-state index is 12.6. The quantitative estimate of drug-likeness (QED) is 0.741. The van der Waals surface area contributed by atoms with E-state index in [1.54, 1.807) is 16.7 Å². The summed E-state index contributed by atoms with van der Waals surface area (Å²) in [6.07, 6.45) is 2.17. The van der Waals surface area contributed by atoms with Crippen LogP contribution in [0.4, 0.5) is 0 Å². The van der Waals surface area contributed by atoms with Gasteiger partial charge in [-0.05, 0) is 18.8 Å². The minimum Gasteiger partial charge on any atom is -0.480 e. The molecule has 3 N–H and O–H groups in total. The molecule has 1 amide bonds. The fourth-order valence-electron chi connectivity index (χ4n) is 2.76. The molecule has 106 valence electrons. The smallest absolute Gasteiger partial charge is 0.327 e. The van der Waals surface area contributed by atoms with E-state index in [0.717, 1.165) is 12.8 Å². The van der Waals surface area contributed by atoms with Crippen LogP contribution >= 0.6 is 11.8 Å². The topological polar surface area (TPSA) is 92.9 Å². The molecule has 1 aliphatic carbocycles. The Morgan fingerprint density at radius 1 is 1.32 bits per heavy atom. The van der Waals surface area contributed by atoms with Gasteiger partial charge < -0.3 is 20.5 Å². The molecule has 1 saturated carbocycles. The van der Waals surface area contributed by atoms with Crippen molar-refractivity contribution in [2.24, 2.45) is 17.6 Å². The Morgan fingerprint density at radius 2 is 2.05 bits per heavy atom. The van der Waals surface area contributed by atoms with E-state index in [4.69, 9.17) is 10.5 Å². The molecule has 4 unspecified atom stereocenters. The second kappa shape index (κ2) is 4.96. The summed E-state index contributed by atoms with van der Waals surface area (Å²) in [5.41, 5.74) is 5.88. The first-order chi connectivity index (χ1) is 9.09. The standard InChI is InChI=1S/C12H18N2O4S/c13-8-4-18-3-7(8)10(15)14-9(12(16)17)5-19-11(14)6-1-2-6/h6-9,11H,1-5,13H2,(H,16,17). The van der Waals surface area contributed by atoms with Crippen molar-refractivity contribution in [2.75, 3.05) is 19.0 Å². The van der Waals surface area contributed by atoms with E-state index < -0.39 is 12.0 Å². The number of hydrogen-bond acceptors (Lipinski definition) is 5. The van der Waals surface area contributed by atoms with Crippen molar-refractivity contribution >= 4 is 23.6 Å². The van der Waals surface area contributed by atoms with Gasteiger partial charge in [-0.1, -0.05) is 0 Å². The van der Waals surface area contributed by atoms with Crippen LogP contribution in [-0.4, -0.2) is 58.3 Å². The van der Waals surface area contributed by atoms with E-state index >= 15 is 0 Å². The fraction of sp³-hybridized carbons (Fsp3) is 0.833. The number of nitrogens with zero attached hydrogens (tertiary/aromatic N) is 1. The Hall–Kier alpha value is -0.790. The van der Waals surface area contributed by atoms with E-state index in [9.17, 15) is 14.7 Å². The molecule has 2 aliphatic heterocycles. The van der Waals surface area contributed by atoms with Crippen molar-refractivity contribution in [3.63, 3.8) is 0 Å². The fourth-order valence-corrected chi connectivity index (χ4v) is 4.40. The SMILES string of the molecule is NC1COCC1C(=O)N1C(C(=O)O)CSC1C1CC1. The van der Waals surface area contributed by atoms with Gasteiger partial charge >= 0.3 is 5.97 Å². The zero-order valence-electron chi connectivity index (χ0n) is 10.5. The van der Waals surface area contributed by atoms with Crippen LogP contribution in [0.3, 0.4) is 0 Å². The molecule has 6 nitrogen and oxygen atoms in total. The number of carboxylic acids is 1. The normalized spacial score (nSPS) is 38.7. The molecule has 19 heavy (non-hydrogen) atoms. The van der Waals surface area contributed by atoms with Gasteiger partial charge in [0, 0.05) is 11.8 Å². The summed E-state index contributed by atoms with van der Waals surface area (Å²) in [4.78, 5) is 25.5. The van der Waals surface area contributed by atoms with Crippen molar-refractivity contribution in [2.45, 2.75) is 30.3 Å². The lowest BCUT2D eigenvalue weighted by Gasteiger charge is -2.30. The van der Waals surface area contributed by atoms with E-state index in [1.165, 1.54) is 0 Å². The molecule has 0 spiro atoms. The Morgan fingerprint density at radius 3 is 2.58 bits per heavy atom.